The van der Waals surface area contributed by atoms with Crippen molar-refractivity contribution in [3.05, 3.63) is 58.9 Å². The zero-order valence-corrected chi connectivity index (χ0v) is 10.7. The van der Waals surface area contributed by atoms with Crippen LogP contribution < -0.4 is 4.74 Å². The van der Waals surface area contributed by atoms with E-state index < -0.39 is 0 Å². The Morgan fingerprint density at radius 1 is 1.17 bits per heavy atom. The first-order chi connectivity index (χ1) is 8.61. The lowest BCUT2D eigenvalue weighted by Gasteiger charge is -2.08. The molecule has 0 bridgehead atoms. The third-order valence-corrected chi connectivity index (χ3v) is 2.78. The van der Waals surface area contributed by atoms with Crippen molar-refractivity contribution < 1.29 is 9.53 Å². The molecule has 3 nitrogen and oxygen atoms in total. The fraction of sp³-hybridized carbons (Fsp3) is 0.200. The molecular weight excluding hydrogens is 226 g/mol. The van der Waals surface area contributed by atoms with Gasteiger partial charge in [0.1, 0.15) is 5.75 Å². The van der Waals surface area contributed by atoms with Gasteiger partial charge in [-0.2, -0.15) is 0 Å². The average molecular weight is 241 g/mol. The minimum Gasteiger partial charge on any atom is -0.496 e. The Hall–Kier alpha value is -2.16. The predicted octanol–water partition coefficient (Wildman–Crippen LogP) is 2.94. The molecule has 2 rings (SSSR count). The monoisotopic (exact) mass is 241 g/mol. The van der Waals surface area contributed by atoms with E-state index >= 15 is 0 Å². The minimum absolute atomic E-state index is 0.0700. The molecule has 2 aromatic rings. The highest BCUT2D eigenvalue weighted by Gasteiger charge is 2.14. The van der Waals surface area contributed by atoms with E-state index in [9.17, 15) is 4.79 Å². The van der Waals surface area contributed by atoms with Crippen LogP contribution in [0.15, 0.2) is 36.5 Å². The number of pyridine rings is 1. The smallest absolute Gasteiger partial charge is 0.198 e. The first kappa shape index (κ1) is 12.3. The molecule has 1 aromatic heterocycles. The zero-order chi connectivity index (χ0) is 13.1. The lowest BCUT2D eigenvalue weighted by molar-refractivity contribution is 0.103. The molecule has 0 spiro atoms. The van der Waals surface area contributed by atoms with Gasteiger partial charge in [0, 0.05) is 17.5 Å². The minimum atomic E-state index is -0.0700. The van der Waals surface area contributed by atoms with E-state index in [0.717, 1.165) is 11.3 Å². The molecule has 0 atom stereocenters. The molecular formula is C15H15NO2. The summed E-state index contributed by atoms with van der Waals surface area (Å²) in [5.41, 5.74) is 3.09. The highest BCUT2D eigenvalue weighted by molar-refractivity contribution is 6.10. The molecule has 0 aliphatic heterocycles. The van der Waals surface area contributed by atoms with Gasteiger partial charge < -0.3 is 4.74 Å². The lowest BCUT2D eigenvalue weighted by atomic mass is 10.0. The number of hydrogen-bond acceptors (Lipinski definition) is 3. The third-order valence-electron chi connectivity index (χ3n) is 2.78. The van der Waals surface area contributed by atoms with Gasteiger partial charge in [-0.05, 0) is 43.7 Å². The summed E-state index contributed by atoms with van der Waals surface area (Å²) in [4.78, 5) is 16.5. The van der Waals surface area contributed by atoms with E-state index in [0.29, 0.717) is 16.9 Å². The second kappa shape index (κ2) is 5.00. The van der Waals surface area contributed by atoms with Gasteiger partial charge in [0.25, 0.3) is 0 Å². The van der Waals surface area contributed by atoms with Crippen LogP contribution >= 0.6 is 0 Å². The van der Waals surface area contributed by atoms with Crippen LogP contribution in [0.5, 0.6) is 5.75 Å². The van der Waals surface area contributed by atoms with Crippen LogP contribution in [0, 0.1) is 13.8 Å². The van der Waals surface area contributed by atoms with Gasteiger partial charge in [-0.25, -0.2) is 0 Å². The van der Waals surface area contributed by atoms with Crippen molar-refractivity contribution in [2.24, 2.45) is 0 Å². The van der Waals surface area contributed by atoms with Crippen LogP contribution in [-0.2, 0) is 0 Å². The molecule has 1 aromatic carbocycles. The van der Waals surface area contributed by atoms with Gasteiger partial charge in [0.15, 0.2) is 5.78 Å². The highest BCUT2D eigenvalue weighted by Crippen LogP contribution is 2.22. The molecule has 0 aliphatic carbocycles. The number of rotatable bonds is 3. The van der Waals surface area contributed by atoms with Gasteiger partial charge in [0.2, 0.25) is 0 Å². The molecule has 0 saturated heterocycles. The van der Waals surface area contributed by atoms with Gasteiger partial charge in [0.05, 0.1) is 12.7 Å². The maximum atomic E-state index is 12.3. The van der Waals surface area contributed by atoms with Gasteiger partial charge >= 0.3 is 0 Å². The number of methoxy groups -OCH3 is 1. The molecule has 0 aliphatic rings. The first-order valence-corrected chi connectivity index (χ1v) is 5.74. The fourth-order valence-electron chi connectivity index (χ4n) is 1.74. The second-order valence-electron chi connectivity index (χ2n) is 4.22. The average Bonchev–Trinajstić information content (AvgIpc) is 2.38. The number of nitrogens with zero attached hydrogens (tertiary/aromatic N) is 1. The molecule has 92 valence electrons. The standard InChI is InChI=1S/C15H15NO2/c1-10-4-7-13(14(8-10)18-3)15(17)12-6-5-11(2)16-9-12/h4-9H,1-3H3. The summed E-state index contributed by atoms with van der Waals surface area (Å²) in [5, 5.41) is 0. The van der Waals surface area contributed by atoms with Crippen LogP contribution in [0.4, 0.5) is 0 Å². The highest BCUT2D eigenvalue weighted by atomic mass is 16.5. The SMILES string of the molecule is COc1cc(C)ccc1C(=O)c1ccc(C)nc1. The molecule has 0 N–H and O–H groups in total. The van der Waals surface area contributed by atoms with E-state index in [1.165, 1.54) is 0 Å². The number of aromatic nitrogens is 1. The fourth-order valence-corrected chi connectivity index (χ4v) is 1.74. The number of ketones is 1. The van der Waals surface area contributed by atoms with E-state index in [1.54, 1.807) is 25.4 Å². The third kappa shape index (κ3) is 2.40. The van der Waals surface area contributed by atoms with Gasteiger partial charge in [-0.15, -0.1) is 0 Å². The van der Waals surface area contributed by atoms with Crippen molar-refractivity contribution in [2.75, 3.05) is 7.11 Å². The Kier molecular flexibility index (Phi) is 3.42. The van der Waals surface area contributed by atoms with Gasteiger partial charge in [-0.3, -0.25) is 9.78 Å². The predicted molar refractivity (Wildman–Crippen MR) is 70.1 cm³/mol. The maximum absolute atomic E-state index is 12.3. The summed E-state index contributed by atoms with van der Waals surface area (Å²) in [6.07, 6.45) is 1.59. The molecule has 18 heavy (non-hydrogen) atoms. The Balaban J connectivity index is 2.42. The van der Waals surface area contributed by atoms with Crippen LogP contribution in [0.2, 0.25) is 0 Å². The van der Waals surface area contributed by atoms with Crippen molar-refractivity contribution in [3.63, 3.8) is 0 Å². The maximum Gasteiger partial charge on any atom is 0.198 e. The molecule has 3 heteroatoms. The van der Waals surface area contributed by atoms with Crippen molar-refractivity contribution in [1.82, 2.24) is 4.98 Å². The molecule has 0 fully saturated rings. The van der Waals surface area contributed by atoms with Crippen molar-refractivity contribution in [1.29, 1.82) is 0 Å². The van der Waals surface area contributed by atoms with E-state index in [1.807, 2.05) is 32.0 Å². The quantitative estimate of drug-likeness (QED) is 0.775. The number of benzene rings is 1. The molecule has 0 radical (unpaired) electrons. The van der Waals surface area contributed by atoms with Crippen molar-refractivity contribution >= 4 is 5.78 Å². The normalized spacial score (nSPS) is 10.2. The van der Waals surface area contributed by atoms with Crippen molar-refractivity contribution in [3.8, 4) is 5.75 Å². The lowest BCUT2D eigenvalue weighted by Crippen LogP contribution is -2.05. The van der Waals surface area contributed by atoms with E-state index in [4.69, 9.17) is 4.74 Å². The second-order valence-corrected chi connectivity index (χ2v) is 4.22. The molecule has 1 heterocycles. The summed E-state index contributed by atoms with van der Waals surface area (Å²) < 4.78 is 5.25. The van der Waals surface area contributed by atoms with Crippen LogP contribution in [-0.4, -0.2) is 17.9 Å². The van der Waals surface area contributed by atoms with Crippen LogP contribution in [0.25, 0.3) is 0 Å². The Morgan fingerprint density at radius 3 is 2.56 bits per heavy atom. The Bertz CT molecular complexity index is 574. The number of ether oxygens (including phenoxy) is 1. The number of hydrogen-bond donors (Lipinski definition) is 0. The summed E-state index contributed by atoms with van der Waals surface area (Å²) >= 11 is 0. The summed E-state index contributed by atoms with van der Waals surface area (Å²) in [6.45, 7) is 3.85. The van der Waals surface area contributed by atoms with E-state index in [2.05, 4.69) is 4.98 Å². The number of carbonyl (C=O) groups is 1. The summed E-state index contributed by atoms with van der Waals surface area (Å²) in [5.74, 6) is 0.528. The Morgan fingerprint density at radius 2 is 1.94 bits per heavy atom. The number of carbonyl (C=O) groups excluding carboxylic acids is 1. The zero-order valence-electron chi connectivity index (χ0n) is 10.7. The topological polar surface area (TPSA) is 39.2 Å². The van der Waals surface area contributed by atoms with Crippen LogP contribution in [0.3, 0.4) is 0 Å². The van der Waals surface area contributed by atoms with Gasteiger partial charge in [-0.1, -0.05) is 6.07 Å². The summed E-state index contributed by atoms with van der Waals surface area (Å²) in [6, 6.07) is 9.15. The first-order valence-electron chi connectivity index (χ1n) is 5.74. The van der Waals surface area contributed by atoms with Crippen molar-refractivity contribution in [2.45, 2.75) is 13.8 Å². The number of aryl methyl sites for hydroxylation is 2. The largest absolute Gasteiger partial charge is 0.496 e. The molecule has 0 unspecified atom stereocenters. The Labute approximate surface area is 106 Å². The van der Waals surface area contributed by atoms with E-state index in [-0.39, 0.29) is 5.78 Å². The molecule has 0 amide bonds. The molecule has 0 saturated carbocycles. The summed E-state index contributed by atoms with van der Waals surface area (Å²) in [7, 11) is 1.57. The van der Waals surface area contributed by atoms with Crippen LogP contribution in [0.1, 0.15) is 27.2 Å².